The third kappa shape index (κ3) is 5.72. The minimum absolute atomic E-state index is 0.000804. The van der Waals surface area contributed by atoms with Gasteiger partial charge in [0.2, 0.25) is 0 Å². The van der Waals surface area contributed by atoms with Crippen molar-refractivity contribution < 1.29 is 14.7 Å². The largest absolute Gasteiger partial charge is 0.481 e. The number of carbonyl (C=O) groups is 2. The van der Waals surface area contributed by atoms with Crippen LogP contribution >= 0.6 is 23.2 Å². The molecule has 0 bridgehead atoms. The minimum Gasteiger partial charge on any atom is -0.481 e. The van der Waals surface area contributed by atoms with E-state index in [1.165, 1.54) is 0 Å². The molecule has 2 aromatic rings. The Bertz CT molecular complexity index is 946. The molecule has 0 spiro atoms. The summed E-state index contributed by atoms with van der Waals surface area (Å²) in [7, 11) is 0. The number of aliphatic carboxylic acids is 1. The smallest absolute Gasteiger partial charge is 0.303 e. The van der Waals surface area contributed by atoms with E-state index in [9.17, 15) is 14.7 Å². The molecular weight excluding hydrogens is 445 g/mol. The number of carboxylic acids is 1. The molecule has 2 N–H and O–H groups in total. The van der Waals surface area contributed by atoms with Gasteiger partial charge in [-0.3, -0.25) is 9.59 Å². The van der Waals surface area contributed by atoms with E-state index < -0.39 is 11.4 Å². The summed E-state index contributed by atoms with van der Waals surface area (Å²) in [5, 5.41) is 14.3. The Morgan fingerprint density at radius 2 is 1.84 bits per heavy atom. The van der Waals surface area contributed by atoms with Gasteiger partial charge in [0.1, 0.15) is 5.78 Å². The summed E-state index contributed by atoms with van der Waals surface area (Å²) in [6.45, 7) is 4.35. The molecule has 0 aliphatic carbocycles. The zero-order valence-electron chi connectivity index (χ0n) is 18.6. The van der Waals surface area contributed by atoms with Crippen LogP contribution in [-0.4, -0.2) is 29.4 Å². The molecule has 1 aliphatic rings. The summed E-state index contributed by atoms with van der Waals surface area (Å²) in [4.78, 5) is 24.6. The molecule has 172 valence electrons. The third-order valence-corrected chi connectivity index (χ3v) is 7.54. The van der Waals surface area contributed by atoms with Crippen LogP contribution < -0.4 is 5.32 Å². The van der Waals surface area contributed by atoms with Crippen molar-refractivity contribution in [1.29, 1.82) is 0 Å². The van der Waals surface area contributed by atoms with Crippen molar-refractivity contribution >= 4 is 35.0 Å². The zero-order chi connectivity index (χ0) is 23.3. The summed E-state index contributed by atoms with van der Waals surface area (Å²) >= 11 is 12.3. The molecule has 6 heteroatoms. The zero-order valence-corrected chi connectivity index (χ0v) is 20.1. The molecule has 0 saturated carbocycles. The lowest BCUT2D eigenvalue weighted by Crippen LogP contribution is -2.57. The number of rotatable bonds is 9. The van der Waals surface area contributed by atoms with Gasteiger partial charge in [-0.15, -0.1) is 0 Å². The second kappa shape index (κ2) is 10.8. The molecule has 0 radical (unpaired) electrons. The van der Waals surface area contributed by atoms with Gasteiger partial charge in [0.05, 0.1) is 0 Å². The lowest BCUT2D eigenvalue weighted by Gasteiger charge is -2.47. The first-order valence-corrected chi connectivity index (χ1v) is 12.0. The summed E-state index contributed by atoms with van der Waals surface area (Å²) in [5.74, 6) is -0.627. The fourth-order valence-corrected chi connectivity index (χ4v) is 5.60. The molecule has 2 aromatic carbocycles. The average molecular weight is 476 g/mol. The Morgan fingerprint density at radius 3 is 2.44 bits per heavy atom. The van der Waals surface area contributed by atoms with Gasteiger partial charge < -0.3 is 10.4 Å². The molecule has 0 aromatic heterocycles. The number of aryl methyl sites for hydroxylation is 1. The fourth-order valence-electron chi connectivity index (χ4n) is 5.28. The Balaban J connectivity index is 1.95. The van der Waals surface area contributed by atoms with Crippen molar-refractivity contribution in [2.45, 2.75) is 57.9 Å². The normalized spacial score (nSPS) is 22.8. The Hall–Kier alpha value is -1.88. The number of Topliss-reactive ketones (excluding diaryl/α,β-unsaturated/α-hetero) is 1. The summed E-state index contributed by atoms with van der Waals surface area (Å²) in [6, 6.07) is 15.4. The Labute approximate surface area is 200 Å². The highest BCUT2D eigenvalue weighted by Crippen LogP contribution is 2.45. The van der Waals surface area contributed by atoms with E-state index in [4.69, 9.17) is 23.2 Å². The van der Waals surface area contributed by atoms with E-state index in [0.717, 1.165) is 17.5 Å². The van der Waals surface area contributed by atoms with Gasteiger partial charge in [0, 0.05) is 33.8 Å². The standard InChI is InChI=1S/C26H31Cl2NO3/c1-3-26(17(2)30,12-11-18-7-9-21(27)10-8-18)25-23(20-5-4-6-22(28)15-20)13-19(16-29-25)14-24(31)32/h4-10,15,19,23,25,29H,3,11-14,16H2,1-2H3,(H,31,32)/t19-,23-,25+,26?/m1/s1. The third-order valence-electron chi connectivity index (χ3n) is 7.06. The maximum absolute atomic E-state index is 13.2. The highest BCUT2D eigenvalue weighted by atomic mass is 35.5. The van der Waals surface area contributed by atoms with Crippen LogP contribution in [0.4, 0.5) is 0 Å². The molecule has 32 heavy (non-hydrogen) atoms. The van der Waals surface area contributed by atoms with E-state index in [-0.39, 0.29) is 30.1 Å². The van der Waals surface area contributed by atoms with Gasteiger partial charge >= 0.3 is 5.97 Å². The van der Waals surface area contributed by atoms with E-state index in [2.05, 4.69) is 12.2 Å². The number of piperidine rings is 1. The van der Waals surface area contributed by atoms with Crippen molar-refractivity contribution in [3.63, 3.8) is 0 Å². The van der Waals surface area contributed by atoms with Gasteiger partial charge in [-0.2, -0.15) is 0 Å². The summed E-state index contributed by atoms with van der Waals surface area (Å²) in [6.07, 6.45) is 3.00. The number of hydrogen-bond acceptors (Lipinski definition) is 3. The first kappa shape index (κ1) is 24.8. The molecular formula is C26H31Cl2NO3. The number of carboxylic acid groups (broad SMARTS) is 1. The van der Waals surface area contributed by atoms with Crippen molar-refractivity contribution in [1.82, 2.24) is 5.32 Å². The highest BCUT2D eigenvalue weighted by Gasteiger charge is 2.47. The number of halogens is 2. The van der Waals surface area contributed by atoms with Crippen molar-refractivity contribution in [3.05, 3.63) is 69.7 Å². The van der Waals surface area contributed by atoms with Gasteiger partial charge in [0.25, 0.3) is 0 Å². The first-order chi connectivity index (χ1) is 15.2. The van der Waals surface area contributed by atoms with Crippen LogP contribution in [0.3, 0.4) is 0 Å². The van der Waals surface area contributed by atoms with Crippen molar-refractivity contribution in [3.8, 4) is 0 Å². The van der Waals surface area contributed by atoms with Crippen molar-refractivity contribution in [2.75, 3.05) is 6.54 Å². The molecule has 1 fully saturated rings. The predicted molar refractivity (Wildman–Crippen MR) is 130 cm³/mol. The highest BCUT2D eigenvalue weighted by molar-refractivity contribution is 6.30. The number of benzene rings is 2. The number of hydrogen-bond donors (Lipinski definition) is 2. The molecule has 3 rings (SSSR count). The molecule has 4 nitrogen and oxygen atoms in total. The van der Waals surface area contributed by atoms with E-state index in [1.807, 2.05) is 48.5 Å². The molecule has 1 aliphatic heterocycles. The van der Waals surface area contributed by atoms with Gasteiger partial charge in [-0.05, 0) is 80.5 Å². The van der Waals surface area contributed by atoms with E-state index >= 15 is 0 Å². The van der Waals surface area contributed by atoms with Crippen LogP contribution in [0.15, 0.2) is 48.5 Å². The predicted octanol–water partition coefficient (Wildman–Crippen LogP) is 6.15. The molecule has 0 amide bonds. The number of ketones is 1. The average Bonchev–Trinajstić information content (AvgIpc) is 2.75. The molecule has 4 atom stereocenters. The Kier molecular flexibility index (Phi) is 8.37. The SMILES string of the molecule is CCC(CCc1ccc(Cl)cc1)(C(C)=O)[C@H]1NC[C@@H](CC(=O)O)C[C@@H]1c1cccc(Cl)c1. The van der Waals surface area contributed by atoms with Gasteiger partial charge in [0.15, 0.2) is 0 Å². The molecule has 1 heterocycles. The summed E-state index contributed by atoms with van der Waals surface area (Å²) in [5.41, 5.74) is 1.63. The second-order valence-electron chi connectivity index (χ2n) is 8.94. The van der Waals surface area contributed by atoms with Crippen LogP contribution in [0.2, 0.25) is 10.0 Å². The maximum atomic E-state index is 13.2. The van der Waals surface area contributed by atoms with Crippen molar-refractivity contribution in [2.24, 2.45) is 11.3 Å². The van der Waals surface area contributed by atoms with Gasteiger partial charge in [-0.25, -0.2) is 0 Å². The van der Waals surface area contributed by atoms with Crippen LogP contribution in [-0.2, 0) is 16.0 Å². The summed E-state index contributed by atoms with van der Waals surface area (Å²) < 4.78 is 0. The fraction of sp³-hybridized carbons (Fsp3) is 0.462. The maximum Gasteiger partial charge on any atom is 0.303 e. The van der Waals surface area contributed by atoms with Crippen LogP contribution in [0, 0.1) is 11.3 Å². The quantitative estimate of drug-likeness (QED) is 0.456. The van der Waals surface area contributed by atoms with E-state index in [0.29, 0.717) is 35.9 Å². The van der Waals surface area contributed by atoms with E-state index in [1.54, 1.807) is 6.92 Å². The molecule has 1 saturated heterocycles. The van der Waals surface area contributed by atoms with Gasteiger partial charge in [-0.1, -0.05) is 54.4 Å². The van der Waals surface area contributed by atoms with Crippen LogP contribution in [0.5, 0.6) is 0 Å². The topological polar surface area (TPSA) is 66.4 Å². The monoisotopic (exact) mass is 475 g/mol. The number of nitrogens with one attached hydrogen (secondary N) is 1. The molecule has 1 unspecified atom stereocenters. The minimum atomic E-state index is -0.795. The Morgan fingerprint density at radius 1 is 1.12 bits per heavy atom. The number of carbonyl (C=O) groups excluding carboxylic acids is 1. The lowest BCUT2D eigenvalue weighted by atomic mass is 9.62. The van der Waals surface area contributed by atoms with Crippen LogP contribution in [0.1, 0.15) is 56.6 Å². The lowest BCUT2D eigenvalue weighted by molar-refractivity contribution is -0.139. The first-order valence-electron chi connectivity index (χ1n) is 11.2. The van der Waals surface area contributed by atoms with Crippen LogP contribution in [0.25, 0.3) is 0 Å². The second-order valence-corrected chi connectivity index (χ2v) is 9.81.